The molecule has 4 heteroatoms. The highest BCUT2D eigenvalue weighted by Gasteiger charge is 2.33. The van der Waals surface area contributed by atoms with E-state index in [9.17, 15) is 4.79 Å². The molecule has 0 aliphatic rings. The molecule has 0 heterocycles. The van der Waals surface area contributed by atoms with Crippen molar-refractivity contribution in [3.63, 3.8) is 0 Å². The molecule has 4 nitrogen and oxygen atoms in total. The fourth-order valence-corrected chi connectivity index (χ4v) is 3.05. The standard InChI is InChI=1S/C23H39NO3/c1-8-11-12-13-23(7,26-14-9-2)22(25)24-20-15-17(4)21(18(5)16-20)27-19(6)10-3/h15-16,19H,8-14H2,1-7H3,(H,24,25). The Labute approximate surface area is 166 Å². The molecule has 1 aromatic rings. The van der Waals surface area contributed by atoms with Gasteiger partial charge in [0.15, 0.2) is 0 Å². The van der Waals surface area contributed by atoms with Crippen LogP contribution in [0.2, 0.25) is 0 Å². The van der Waals surface area contributed by atoms with Gasteiger partial charge in [0.05, 0.1) is 6.10 Å². The number of benzene rings is 1. The normalized spacial score (nSPS) is 14.5. The van der Waals surface area contributed by atoms with E-state index in [2.05, 4.69) is 33.0 Å². The van der Waals surface area contributed by atoms with Gasteiger partial charge in [-0.1, -0.05) is 40.0 Å². The molecule has 0 fully saturated rings. The van der Waals surface area contributed by atoms with Gasteiger partial charge in [-0.15, -0.1) is 0 Å². The van der Waals surface area contributed by atoms with E-state index in [4.69, 9.17) is 9.47 Å². The Hall–Kier alpha value is -1.55. The zero-order chi connectivity index (χ0) is 20.4. The maximum absolute atomic E-state index is 13.0. The van der Waals surface area contributed by atoms with Gasteiger partial charge in [0.25, 0.3) is 5.91 Å². The van der Waals surface area contributed by atoms with Gasteiger partial charge in [0, 0.05) is 12.3 Å². The van der Waals surface area contributed by atoms with Crippen LogP contribution in [0.5, 0.6) is 5.75 Å². The van der Waals surface area contributed by atoms with Gasteiger partial charge in [-0.25, -0.2) is 0 Å². The van der Waals surface area contributed by atoms with Crippen molar-refractivity contribution in [2.45, 2.75) is 98.7 Å². The average molecular weight is 378 g/mol. The summed E-state index contributed by atoms with van der Waals surface area (Å²) in [6.45, 7) is 15.0. The second-order valence-electron chi connectivity index (χ2n) is 7.77. The first-order valence-corrected chi connectivity index (χ1v) is 10.5. The van der Waals surface area contributed by atoms with Gasteiger partial charge >= 0.3 is 0 Å². The Balaban J connectivity index is 2.94. The van der Waals surface area contributed by atoms with E-state index in [1.165, 1.54) is 0 Å². The molecule has 0 saturated heterocycles. The predicted octanol–water partition coefficient (Wildman–Crippen LogP) is 6.18. The number of anilines is 1. The van der Waals surface area contributed by atoms with Crippen LogP contribution in [0.3, 0.4) is 0 Å². The number of carbonyl (C=O) groups excluding carboxylic acids is 1. The number of nitrogens with one attached hydrogen (secondary N) is 1. The van der Waals surface area contributed by atoms with Gasteiger partial charge in [0.1, 0.15) is 11.4 Å². The summed E-state index contributed by atoms with van der Waals surface area (Å²) in [6, 6.07) is 3.96. The number of carbonyl (C=O) groups is 1. The van der Waals surface area contributed by atoms with Crippen LogP contribution in [0.15, 0.2) is 12.1 Å². The van der Waals surface area contributed by atoms with Crippen molar-refractivity contribution in [3.8, 4) is 5.75 Å². The molecule has 1 aromatic carbocycles. The summed E-state index contributed by atoms with van der Waals surface area (Å²) in [4.78, 5) is 13.0. The molecule has 1 N–H and O–H groups in total. The quantitative estimate of drug-likeness (QED) is 0.442. The summed E-state index contributed by atoms with van der Waals surface area (Å²) in [5.74, 6) is 0.844. The highest BCUT2D eigenvalue weighted by molar-refractivity contribution is 5.97. The second-order valence-corrected chi connectivity index (χ2v) is 7.77. The average Bonchev–Trinajstić information content (AvgIpc) is 2.63. The molecule has 154 valence electrons. The summed E-state index contributed by atoms with van der Waals surface area (Å²) >= 11 is 0. The van der Waals surface area contributed by atoms with E-state index in [1.807, 2.05) is 32.9 Å². The summed E-state index contributed by atoms with van der Waals surface area (Å²) in [5, 5.41) is 3.08. The molecule has 0 spiro atoms. The van der Waals surface area contributed by atoms with E-state index in [1.54, 1.807) is 0 Å². The highest BCUT2D eigenvalue weighted by Crippen LogP contribution is 2.30. The Morgan fingerprint density at radius 2 is 1.74 bits per heavy atom. The molecule has 0 aliphatic heterocycles. The van der Waals surface area contributed by atoms with Crippen LogP contribution < -0.4 is 10.1 Å². The minimum Gasteiger partial charge on any atom is -0.490 e. The molecule has 1 amide bonds. The molecule has 0 saturated carbocycles. The first-order valence-electron chi connectivity index (χ1n) is 10.5. The minimum absolute atomic E-state index is 0.0681. The molecule has 2 unspecified atom stereocenters. The molecule has 2 atom stereocenters. The van der Waals surface area contributed by atoms with Gasteiger partial charge in [-0.2, -0.15) is 0 Å². The second kappa shape index (κ2) is 11.3. The zero-order valence-corrected chi connectivity index (χ0v) is 18.4. The van der Waals surface area contributed by atoms with Crippen molar-refractivity contribution in [3.05, 3.63) is 23.3 Å². The van der Waals surface area contributed by atoms with E-state index in [0.717, 1.165) is 61.1 Å². The van der Waals surface area contributed by atoms with Crippen molar-refractivity contribution in [1.82, 2.24) is 0 Å². The largest absolute Gasteiger partial charge is 0.490 e. The third-order valence-electron chi connectivity index (χ3n) is 4.97. The number of hydrogen-bond acceptors (Lipinski definition) is 3. The Kier molecular flexibility index (Phi) is 9.86. The Bertz CT molecular complexity index is 576. The Morgan fingerprint density at radius 1 is 1.11 bits per heavy atom. The lowest BCUT2D eigenvalue weighted by Gasteiger charge is -2.29. The maximum atomic E-state index is 13.0. The first-order chi connectivity index (χ1) is 12.8. The van der Waals surface area contributed by atoms with Crippen LogP contribution in [0.25, 0.3) is 0 Å². The van der Waals surface area contributed by atoms with Crippen LogP contribution in [0.4, 0.5) is 5.69 Å². The van der Waals surface area contributed by atoms with Crippen molar-refractivity contribution < 1.29 is 14.3 Å². The molecular formula is C23H39NO3. The molecule has 0 bridgehead atoms. The SMILES string of the molecule is CCCCCC(C)(OCCC)C(=O)Nc1cc(C)c(OC(C)CC)c(C)c1. The molecular weight excluding hydrogens is 338 g/mol. The first kappa shape index (κ1) is 23.5. The molecule has 0 aromatic heterocycles. The highest BCUT2D eigenvalue weighted by atomic mass is 16.5. The third kappa shape index (κ3) is 7.17. The number of ether oxygens (including phenoxy) is 2. The van der Waals surface area contributed by atoms with Crippen LogP contribution in [0, 0.1) is 13.8 Å². The third-order valence-corrected chi connectivity index (χ3v) is 4.97. The number of amides is 1. The van der Waals surface area contributed by atoms with Crippen LogP contribution >= 0.6 is 0 Å². The summed E-state index contributed by atoms with van der Waals surface area (Å²) in [5.41, 5.74) is 2.08. The lowest BCUT2D eigenvalue weighted by Crippen LogP contribution is -2.43. The number of unbranched alkanes of at least 4 members (excludes halogenated alkanes) is 2. The van der Waals surface area contributed by atoms with Crippen molar-refractivity contribution in [2.75, 3.05) is 11.9 Å². The summed E-state index contributed by atoms with van der Waals surface area (Å²) in [7, 11) is 0. The van der Waals surface area contributed by atoms with Gasteiger partial charge in [-0.05, 0) is 70.2 Å². The van der Waals surface area contributed by atoms with E-state index in [0.29, 0.717) is 6.61 Å². The molecule has 0 aliphatic carbocycles. The van der Waals surface area contributed by atoms with Crippen LogP contribution in [0.1, 0.15) is 84.3 Å². The zero-order valence-electron chi connectivity index (χ0n) is 18.4. The Morgan fingerprint density at radius 3 is 2.26 bits per heavy atom. The summed E-state index contributed by atoms with van der Waals surface area (Å²) in [6.07, 6.45) is 5.99. The lowest BCUT2D eigenvalue weighted by atomic mass is 9.96. The number of hydrogen-bond donors (Lipinski definition) is 1. The van der Waals surface area contributed by atoms with Gasteiger partial charge in [-0.3, -0.25) is 4.79 Å². The molecule has 27 heavy (non-hydrogen) atoms. The minimum atomic E-state index is -0.793. The monoisotopic (exact) mass is 377 g/mol. The maximum Gasteiger partial charge on any atom is 0.256 e. The smallest absolute Gasteiger partial charge is 0.256 e. The predicted molar refractivity (Wildman–Crippen MR) is 114 cm³/mol. The van der Waals surface area contributed by atoms with E-state index in [-0.39, 0.29) is 12.0 Å². The number of aryl methyl sites for hydroxylation is 2. The van der Waals surface area contributed by atoms with Gasteiger partial charge < -0.3 is 14.8 Å². The fourth-order valence-electron chi connectivity index (χ4n) is 3.05. The van der Waals surface area contributed by atoms with Crippen LogP contribution in [-0.4, -0.2) is 24.2 Å². The van der Waals surface area contributed by atoms with Crippen LogP contribution in [-0.2, 0) is 9.53 Å². The summed E-state index contributed by atoms with van der Waals surface area (Å²) < 4.78 is 12.0. The number of rotatable bonds is 12. The topological polar surface area (TPSA) is 47.6 Å². The van der Waals surface area contributed by atoms with Gasteiger partial charge in [0.2, 0.25) is 0 Å². The molecule has 0 radical (unpaired) electrons. The van der Waals surface area contributed by atoms with Crippen molar-refractivity contribution >= 4 is 11.6 Å². The van der Waals surface area contributed by atoms with E-state index < -0.39 is 5.60 Å². The lowest BCUT2D eigenvalue weighted by molar-refractivity contribution is -0.140. The van der Waals surface area contributed by atoms with Crippen molar-refractivity contribution in [2.24, 2.45) is 0 Å². The van der Waals surface area contributed by atoms with E-state index >= 15 is 0 Å². The fraction of sp³-hybridized carbons (Fsp3) is 0.696. The molecule has 1 rings (SSSR count). The van der Waals surface area contributed by atoms with Crippen molar-refractivity contribution in [1.29, 1.82) is 0 Å².